The van der Waals surface area contributed by atoms with Gasteiger partial charge in [0.2, 0.25) is 0 Å². The van der Waals surface area contributed by atoms with E-state index >= 15 is 0 Å². The lowest BCUT2D eigenvalue weighted by molar-refractivity contribution is 0.0778. The van der Waals surface area contributed by atoms with E-state index in [0.29, 0.717) is 6.04 Å². The molecule has 0 radical (unpaired) electrons. The minimum absolute atomic E-state index is 0.211. The van der Waals surface area contributed by atoms with E-state index in [1.54, 1.807) is 11.3 Å². The van der Waals surface area contributed by atoms with Crippen molar-refractivity contribution in [3.05, 3.63) is 57.3 Å². The normalized spacial score (nSPS) is 21.4. The summed E-state index contributed by atoms with van der Waals surface area (Å²) < 4.78 is 0. The van der Waals surface area contributed by atoms with Crippen molar-refractivity contribution in [2.75, 3.05) is 19.6 Å². The van der Waals surface area contributed by atoms with Gasteiger partial charge in [-0.1, -0.05) is 24.3 Å². The average Bonchev–Trinajstić information content (AvgIpc) is 3.23. The van der Waals surface area contributed by atoms with Crippen molar-refractivity contribution in [1.82, 2.24) is 9.80 Å². The van der Waals surface area contributed by atoms with Crippen molar-refractivity contribution in [2.45, 2.75) is 32.4 Å². The fraction of sp³-hybridized carbons (Fsp3) is 0.421. The van der Waals surface area contributed by atoms with E-state index in [2.05, 4.69) is 34.5 Å². The van der Waals surface area contributed by atoms with Gasteiger partial charge >= 0.3 is 0 Å². The molecule has 0 aliphatic carbocycles. The van der Waals surface area contributed by atoms with Gasteiger partial charge in [0.1, 0.15) is 0 Å². The van der Waals surface area contributed by atoms with Gasteiger partial charge in [-0.3, -0.25) is 9.69 Å². The molecule has 4 heteroatoms. The molecule has 1 atom stereocenters. The zero-order valence-electron chi connectivity index (χ0n) is 13.5. The maximum absolute atomic E-state index is 12.6. The lowest BCUT2D eigenvalue weighted by Crippen LogP contribution is -2.41. The Labute approximate surface area is 141 Å². The molecule has 0 saturated carbocycles. The molecule has 1 aromatic carbocycles. The maximum atomic E-state index is 12.6. The van der Waals surface area contributed by atoms with E-state index in [4.69, 9.17) is 0 Å². The van der Waals surface area contributed by atoms with Crippen molar-refractivity contribution < 1.29 is 4.79 Å². The molecule has 0 spiro atoms. The van der Waals surface area contributed by atoms with Gasteiger partial charge in [0.15, 0.2) is 0 Å². The summed E-state index contributed by atoms with van der Waals surface area (Å²) in [5.74, 6) is 0.211. The second kappa shape index (κ2) is 6.10. The van der Waals surface area contributed by atoms with Crippen LogP contribution < -0.4 is 0 Å². The maximum Gasteiger partial charge on any atom is 0.263 e. The van der Waals surface area contributed by atoms with Gasteiger partial charge in [-0.25, -0.2) is 0 Å². The van der Waals surface area contributed by atoms with Gasteiger partial charge in [-0.2, -0.15) is 0 Å². The molecule has 0 bridgehead atoms. The first-order valence-electron chi connectivity index (χ1n) is 8.36. The number of fused-ring (bicyclic) bond motifs is 1. The molecule has 120 valence electrons. The van der Waals surface area contributed by atoms with Crippen LogP contribution >= 0.6 is 11.3 Å². The second-order valence-corrected chi connectivity index (χ2v) is 7.58. The summed E-state index contributed by atoms with van der Waals surface area (Å²) in [6.45, 7) is 5.95. The van der Waals surface area contributed by atoms with Crippen LogP contribution in [0.4, 0.5) is 0 Å². The van der Waals surface area contributed by atoms with Gasteiger partial charge in [0.05, 0.1) is 4.88 Å². The summed E-state index contributed by atoms with van der Waals surface area (Å²) in [7, 11) is 0. The van der Waals surface area contributed by atoms with Gasteiger partial charge < -0.3 is 4.90 Å². The molecule has 2 aromatic rings. The SMILES string of the molecule is Cc1csc(C(=O)N2CC[C@H](N3CCc4ccccc4C3)C2)c1. The first-order chi connectivity index (χ1) is 11.2. The number of carbonyl (C=O) groups is 1. The van der Waals surface area contributed by atoms with Crippen LogP contribution in [0.3, 0.4) is 0 Å². The van der Waals surface area contributed by atoms with Crippen LogP contribution in [-0.4, -0.2) is 41.4 Å². The number of likely N-dealkylation sites (tertiary alicyclic amines) is 1. The minimum Gasteiger partial charge on any atom is -0.336 e. The molecule has 0 unspecified atom stereocenters. The molecule has 2 aliphatic rings. The molecule has 3 heterocycles. The Hall–Kier alpha value is -1.65. The number of nitrogens with zero attached hydrogens (tertiary/aromatic N) is 2. The van der Waals surface area contributed by atoms with Crippen molar-refractivity contribution >= 4 is 17.2 Å². The molecular formula is C19H22N2OS. The third-order valence-corrected chi connectivity index (χ3v) is 6.10. The molecule has 3 nitrogen and oxygen atoms in total. The number of hydrogen-bond acceptors (Lipinski definition) is 3. The van der Waals surface area contributed by atoms with E-state index in [-0.39, 0.29) is 5.91 Å². The molecule has 2 aliphatic heterocycles. The zero-order valence-corrected chi connectivity index (χ0v) is 14.3. The third kappa shape index (κ3) is 2.93. The quantitative estimate of drug-likeness (QED) is 0.845. The molecule has 23 heavy (non-hydrogen) atoms. The van der Waals surface area contributed by atoms with E-state index in [9.17, 15) is 4.79 Å². The zero-order chi connectivity index (χ0) is 15.8. The molecule has 1 fully saturated rings. The summed E-state index contributed by atoms with van der Waals surface area (Å²) in [6.07, 6.45) is 2.23. The van der Waals surface area contributed by atoms with Crippen LogP contribution in [0.5, 0.6) is 0 Å². The number of hydrogen-bond donors (Lipinski definition) is 0. The number of benzene rings is 1. The highest BCUT2D eigenvalue weighted by atomic mass is 32.1. The van der Waals surface area contributed by atoms with Gasteiger partial charge in [0.25, 0.3) is 5.91 Å². The summed E-state index contributed by atoms with van der Waals surface area (Å²) in [5.41, 5.74) is 4.13. The van der Waals surface area contributed by atoms with E-state index in [0.717, 1.165) is 43.9 Å². The van der Waals surface area contributed by atoms with Gasteiger partial charge in [-0.15, -0.1) is 11.3 Å². The number of thiophene rings is 1. The van der Waals surface area contributed by atoms with E-state index in [1.807, 2.05) is 17.9 Å². The highest BCUT2D eigenvalue weighted by Crippen LogP contribution is 2.26. The summed E-state index contributed by atoms with van der Waals surface area (Å²) in [6, 6.07) is 11.3. The van der Waals surface area contributed by atoms with Crippen LogP contribution in [0.2, 0.25) is 0 Å². The fourth-order valence-electron chi connectivity index (χ4n) is 3.75. The highest BCUT2D eigenvalue weighted by Gasteiger charge is 2.32. The first kappa shape index (κ1) is 14.9. The smallest absolute Gasteiger partial charge is 0.263 e. The summed E-state index contributed by atoms with van der Waals surface area (Å²) in [5, 5.41) is 2.06. The topological polar surface area (TPSA) is 23.6 Å². The third-order valence-electron chi connectivity index (χ3n) is 5.07. The van der Waals surface area contributed by atoms with Crippen LogP contribution in [0.25, 0.3) is 0 Å². The Morgan fingerprint density at radius 1 is 1.22 bits per heavy atom. The Morgan fingerprint density at radius 2 is 2.04 bits per heavy atom. The number of aryl methyl sites for hydroxylation is 1. The Bertz CT molecular complexity index is 724. The number of amides is 1. The Balaban J connectivity index is 1.42. The van der Waals surface area contributed by atoms with Crippen LogP contribution in [0.15, 0.2) is 35.7 Å². The first-order valence-corrected chi connectivity index (χ1v) is 9.24. The molecule has 1 aromatic heterocycles. The highest BCUT2D eigenvalue weighted by molar-refractivity contribution is 7.12. The predicted octanol–water partition coefficient (Wildman–Crippen LogP) is 3.33. The minimum atomic E-state index is 0.211. The molecule has 4 rings (SSSR count). The van der Waals surface area contributed by atoms with Crippen molar-refractivity contribution in [3.8, 4) is 0 Å². The fourth-order valence-corrected chi connectivity index (χ4v) is 4.62. The standard InChI is InChI=1S/C19H22N2OS/c1-14-10-18(23-13-14)19(22)21-9-7-17(12-21)20-8-6-15-4-2-3-5-16(15)11-20/h2-5,10,13,17H,6-9,11-12H2,1H3/t17-/m0/s1. The lowest BCUT2D eigenvalue weighted by atomic mass is 9.98. The molecule has 1 amide bonds. The van der Waals surface area contributed by atoms with Crippen molar-refractivity contribution in [2.24, 2.45) is 0 Å². The van der Waals surface area contributed by atoms with Crippen LogP contribution in [0.1, 0.15) is 32.8 Å². The molecular weight excluding hydrogens is 304 g/mol. The van der Waals surface area contributed by atoms with Crippen molar-refractivity contribution in [3.63, 3.8) is 0 Å². The van der Waals surface area contributed by atoms with E-state index < -0.39 is 0 Å². The Morgan fingerprint density at radius 3 is 2.83 bits per heavy atom. The second-order valence-electron chi connectivity index (χ2n) is 6.67. The van der Waals surface area contributed by atoms with Crippen LogP contribution in [-0.2, 0) is 13.0 Å². The number of rotatable bonds is 2. The molecule has 0 N–H and O–H groups in total. The van der Waals surface area contributed by atoms with Crippen LogP contribution in [0, 0.1) is 6.92 Å². The Kier molecular flexibility index (Phi) is 3.95. The van der Waals surface area contributed by atoms with Crippen molar-refractivity contribution in [1.29, 1.82) is 0 Å². The lowest BCUT2D eigenvalue weighted by Gasteiger charge is -2.33. The summed E-state index contributed by atoms with van der Waals surface area (Å²) >= 11 is 1.57. The van der Waals surface area contributed by atoms with Gasteiger partial charge in [-0.05, 0) is 47.9 Å². The molecule has 1 saturated heterocycles. The summed E-state index contributed by atoms with van der Waals surface area (Å²) in [4.78, 5) is 18.1. The largest absolute Gasteiger partial charge is 0.336 e. The average molecular weight is 326 g/mol. The monoisotopic (exact) mass is 326 g/mol. The number of carbonyl (C=O) groups excluding carboxylic acids is 1. The predicted molar refractivity (Wildman–Crippen MR) is 93.9 cm³/mol. The van der Waals surface area contributed by atoms with Gasteiger partial charge in [0, 0.05) is 32.2 Å². The van der Waals surface area contributed by atoms with E-state index in [1.165, 1.54) is 16.7 Å².